The van der Waals surface area contributed by atoms with Gasteiger partial charge < -0.3 is 4.98 Å². The SMILES string of the molecule is CC1CC=C(c2cc3c(Cl)ncnc3[nH]2)CC1. The minimum absolute atomic E-state index is 0.516. The number of fused-ring (bicyclic) bond motifs is 1. The zero-order valence-corrected chi connectivity index (χ0v) is 10.5. The van der Waals surface area contributed by atoms with Crippen LogP contribution in [0, 0.1) is 5.92 Å². The first-order valence-electron chi connectivity index (χ1n) is 5.92. The van der Waals surface area contributed by atoms with Gasteiger partial charge in [-0.2, -0.15) is 0 Å². The fraction of sp³-hybridized carbons (Fsp3) is 0.385. The molecule has 3 rings (SSSR count). The van der Waals surface area contributed by atoms with Crippen LogP contribution in [0.5, 0.6) is 0 Å². The van der Waals surface area contributed by atoms with Crippen LogP contribution < -0.4 is 0 Å². The van der Waals surface area contributed by atoms with Gasteiger partial charge in [-0.1, -0.05) is 24.6 Å². The maximum absolute atomic E-state index is 6.04. The summed E-state index contributed by atoms with van der Waals surface area (Å²) < 4.78 is 0. The van der Waals surface area contributed by atoms with Crippen molar-refractivity contribution in [2.45, 2.75) is 26.2 Å². The highest BCUT2D eigenvalue weighted by Crippen LogP contribution is 2.31. The molecular weight excluding hydrogens is 234 g/mol. The quantitative estimate of drug-likeness (QED) is 0.779. The van der Waals surface area contributed by atoms with Crippen molar-refractivity contribution in [3.05, 3.63) is 29.3 Å². The number of H-pyrrole nitrogens is 1. The standard InChI is InChI=1S/C13H14ClN3/c1-8-2-4-9(5-3-8)11-6-10-12(14)15-7-16-13(10)17-11/h4,6-8H,2-3,5H2,1H3,(H,15,16,17). The van der Waals surface area contributed by atoms with Crippen molar-refractivity contribution < 1.29 is 0 Å². The predicted molar refractivity (Wildman–Crippen MR) is 69.9 cm³/mol. The van der Waals surface area contributed by atoms with Crippen molar-refractivity contribution >= 4 is 28.2 Å². The topological polar surface area (TPSA) is 41.6 Å². The summed E-state index contributed by atoms with van der Waals surface area (Å²) in [6, 6.07) is 2.06. The number of hydrogen-bond donors (Lipinski definition) is 1. The Morgan fingerprint density at radius 3 is 3.00 bits per heavy atom. The average Bonchev–Trinajstić information content (AvgIpc) is 2.75. The van der Waals surface area contributed by atoms with E-state index in [1.807, 2.05) is 0 Å². The number of nitrogens with zero attached hydrogens (tertiary/aromatic N) is 2. The Labute approximate surface area is 105 Å². The molecule has 1 aliphatic rings. The molecule has 4 heteroatoms. The molecule has 0 radical (unpaired) electrons. The van der Waals surface area contributed by atoms with Crippen LogP contribution in [-0.4, -0.2) is 15.0 Å². The molecule has 2 aromatic heterocycles. The van der Waals surface area contributed by atoms with Crippen LogP contribution in [0.3, 0.4) is 0 Å². The Morgan fingerprint density at radius 1 is 1.41 bits per heavy atom. The first kappa shape index (κ1) is 10.8. The van der Waals surface area contributed by atoms with E-state index in [4.69, 9.17) is 11.6 Å². The van der Waals surface area contributed by atoms with Crippen molar-refractivity contribution in [2.75, 3.05) is 0 Å². The van der Waals surface area contributed by atoms with Crippen molar-refractivity contribution in [2.24, 2.45) is 5.92 Å². The van der Waals surface area contributed by atoms with Crippen molar-refractivity contribution in [1.29, 1.82) is 0 Å². The van der Waals surface area contributed by atoms with E-state index in [1.54, 1.807) is 0 Å². The maximum Gasteiger partial charge on any atom is 0.142 e. The van der Waals surface area contributed by atoms with Crippen LogP contribution in [0.2, 0.25) is 5.15 Å². The molecule has 1 unspecified atom stereocenters. The van der Waals surface area contributed by atoms with E-state index in [0.717, 1.165) is 35.5 Å². The van der Waals surface area contributed by atoms with Crippen LogP contribution in [0.1, 0.15) is 31.9 Å². The number of aromatic amines is 1. The molecule has 1 N–H and O–H groups in total. The van der Waals surface area contributed by atoms with E-state index in [-0.39, 0.29) is 0 Å². The average molecular weight is 248 g/mol. The molecule has 0 saturated heterocycles. The lowest BCUT2D eigenvalue weighted by Gasteiger charge is -2.17. The summed E-state index contributed by atoms with van der Waals surface area (Å²) in [5.41, 5.74) is 3.32. The Kier molecular flexibility index (Phi) is 2.63. The molecule has 0 fully saturated rings. The monoisotopic (exact) mass is 247 g/mol. The van der Waals surface area contributed by atoms with Gasteiger partial charge in [-0.15, -0.1) is 0 Å². The first-order valence-corrected chi connectivity index (χ1v) is 6.30. The molecule has 2 aromatic rings. The minimum Gasteiger partial charge on any atom is -0.339 e. The lowest BCUT2D eigenvalue weighted by molar-refractivity contribution is 0.533. The first-order chi connectivity index (χ1) is 8.24. The second-order valence-electron chi connectivity index (χ2n) is 4.72. The third-order valence-corrected chi connectivity index (χ3v) is 3.70. The Balaban J connectivity index is 2.04. The summed E-state index contributed by atoms with van der Waals surface area (Å²) >= 11 is 6.04. The second kappa shape index (κ2) is 4.15. The molecule has 3 nitrogen and oxygen atoms in total. The minimum atomic E-state index is 0.516. The molecular formula is C13H14ClN3. The maximum atomic E-state index is 6.04. The number of hydrogen-bond acceptors (Lipinski definition) is 2. The molecule has 0 saturated carbocycles. The zero-order chi connectivity index (χ0) is 11.8. The van der Waals surface area contributed by atoms with Gasteiger partial charge >= 0.3 is 0 Å². The molecule has 1 aliphatic carbocycles. The van der Waals surface area contributed by atoms with Gasteiger partial charge in [0, 0.05) is 5.69 Å². The number of nitrogens with one attached hydrogen (secondary N) is 1. The molecule has 1 atom stereocenters. The normalized spacial score (nSPS) is 20.6. The Morgan fingerprint density at radius 2 is 2.29 bits per heavy atom. The van der Waals surface area contributed by atoms with E-state index < -0.39 is 0 Å². The van der Waals surface area contributed by atoms with Gasteiger partial charge in [-0.05, 0) is 36.8 Å². The van der Waals surface area contributed by atoms with Gasteiger partial charge in [0.25, 0.3) is 0 Å². The van der Waals surface area contributed by atoms with Crippen LogP contribution >= 0.6 is 11.6 Å². The molecule has 88 valence electrons. The van der Waals surface area contributed by atoms with E-state index in [2.05, 4.69) is 34.0 Å². The molecule has 0 amide bonds. The molecule has 17 heavy (non-hydrogen) atoms. The highest BCUT2D eigenvalue weighted by molar-refractivity contribution is 6.34. The van der Waals surface area contributed by atoms with Gasteiger partial charge in [0.05, 0.1) is 5.39 Å². The van der Waals surface area contributed by atoms with Gasteiger partial charge in [0.2, 0.25) is 0 Å². The molecule has 0 bridgehead atoms. The van der Waals surface area contributed by atoms with Crippen LogP contribution in [0.15, 0.2) is 18.5 Å². The smallest absolute Gasteiger partial charge is 0.142 e. The molecule has 0 spiro atoms. The lowest BCUT2D eigenvalue weighted by Crippen LogP contribution is -2.00. The van der Waals surface area contributed by atoms with Crippen LogP contribution in [-0.2, 0) is 0 Å². The van der Waals surface area contributed by atoms with Gasteiger partial charge in [-0.25, -0.2) is 9.97 Å². The summed E-state index contributed by atoms with van der Waals surface area (Å²) in [4.78, 5) is 11.5. The van der Waals surface area contributed by atoms with E-state index in [1.165, 1.54) is 18.3 Å². The fourth-order valence-electron chi connectivity index (χ4n) is 2.29. The Bertz CT molecular complexity index is 585. The van der Waals surface area contributed by atoms with Crippen LogP contribution in [0.4, 0.5) is 0 Å². The van der Waals surface area contributed by atoms with Crippen LogP contribution in [0.25, 0.3) is 16.6 Å². The summed E-state index contributed by atoms with van der Waals surface area (Å²) in [5, 5.41) is 1.42. The summed E-state index contributed by atoms with van der Waals surface area (Å²) in [7, 11) is 0. The highest BCUT2D eigenvalue weighted by atomic mass is 35.5. The van der Waals surface area contributed by atoms with Gasteiger partial charge in [0.15, 0.2) is 0 Å². The summed E-state index contributed by atoms with van der Waals surface area (Å²) in [5.74, 6) is 0.798. The molecule has 0 aliphatic heterocycles. The van der Waals surface area contributed by atoms with Crippen molar-refractivity contribution in [3.8, 4) is 0 Å². The third kappa shape index (κ3) is 1.95. The van der Waals surface area contributed by atoms with Crippen molar-refractivity contribution in [1.82, 2.24) is 15.0 Å². The number of aromatic nitrogens is 3. The Hall–Kier alpha value is -1.35. The molecule has 0 aromatic carbocycles. The number of halogens is 1. The summed E-state index contributed by atoms with van der Waals surface area (Å²) in [6.07, 6.45) is 7.34. The van der Waals surface area contributed by atoms with E-state index in [9.17, 15) is 0 Å². The van der Waals surface area contributed by atoms with Gasteiger partial charge in [-0.3, -0.25) is 0 Å². The number of allylic oxidation sites excluding steroid dienone is 2. The van der Waals surface area contributed by atoms with Crippen molar-refractivity contribution in [3.63, 3.8) is 0 Å². The second-order valence-corrected chi connectivity index (χ2v) is 5.08. The largest absolute Gasteiger partial charge is 0.339 e. The third-order valence-electron chi connectivity index (χ3n) is 3.40. The number of rotatable bonds is 1. The zero-order valence-electron chi connectivity index (χ0n) is 9.70. The van der Waals surface area contributed by atoms with E-state index >= 15 is 0 Å². The fourth-order valence-corrected chi connectivity index (χ4v) is 2.48. The van der Waals surface area contributed by atoms with E-state index in [0.29, 0.717) is 5.15 Å². The molecule has 2 heterocycles. The van der Waals surface area contributed by atoms with Gasteiger partial charge in [0.1, 0.15) is 17.1 Å². The highest BCUT2D eigenvalue weighted by Gasteiger charge is 2.14. The summed E-state index contributed by atoms with van der Waals surface area (Å²) in [6.45, 7) is 2.29. The predicted octanol–water partition coefficient (Wildman–Crippen LogP) is 3.81. The lowest BCUT2D eigenvalue weighted by atomic mass is 9.90.